The molecule has 0 aliphatic rings. The predicted molar refractivity (Wildman–Crippen MR) is 49.7 cm³/mol. The molecule has 3 nitrogen and oxygen atoms in total. The first-order valence-corrected chi connectivity index (χ1v) is 4.19. The number of hydrogen-bond donors (Lipinski definition) is 1. The summed E-state index contributed by atoms with van der Waals surface area (Å²) in [5.74, 6) is 0.724. The van der Waals surface area contributed by atoms with E-state index in [0.29, 0.717) is 13.2 Å². The Morgan fingerprint density at radius 3 is 2.69 bits per heavy atom. The van der Waals surface area contributed by atoms with E-state index in [1.165, 1.54) is 0 Å². The fourth-order valence-electron chi connectivity index (χ4n) is 1.01. The van der Waals surface area contributed by atoms with Gasteiger partial charge in [0.15, 0.2) is 0 Å². The molecule has 0 amide bonds. The molecule has 0 aromatic heterocycles. The Kier molecular flexibility index (Phi) is 4.29. The third-order valence-corrected chi connectivity index (χ3v) is 1.69. The number of benzene rings is 1. The lowest BCUT2D eigenvalue weighted by atomic mass is 10.2. The van der Waals surface area contributed by atoms with E-state index in [1.807, 2.05) is 24.3 Å². The number of aliphatic hydroxyl groups is 1. The normalized spacial score (nSPS) is 10.0. The highest BCUT2D eigenvalue weighted by Gasteiger charge is 1.99. The molecule has 0 aliphatic heterocycles. The summed E-state index contributed by atoms with van der Waals surface area (Å²) in [5.41, 5.74) is 0.804. The Balaban J connectivity index is 2.54. The molecule has 0 saturated heterocycles. The van der Waals surface area contributed by atoms with Gasteiger partial charge in [-0.3, -0.25) is 0 Å². The largest absolute Gasteiger partial charge is 0.491 e. The lowest BCUT2D eigenvalue weighted by Crippen LogP contribution is -2.05. The maximum Gasteiger partial charge on any atom is 0.124 e. The van der Waals surface area contributed by atoms with E-state index in [0.717, 1.165) is 11.3 Å². The molecule has 13 heavy (non-hydrogen) atoms. The molecule has 0 atom stereocenters. The van der Waals surface area contributed by atoms with Crippen LogP contribution < -0.4 is 4.74 Å². The summed E-state index contributed by atoms with van der Waals surface area (Å²) in [5, 5.41) is 8.96. The molecule has 1 aromatic carbocycles. The minimum atomic E-state index is 0.00313. The zero-order valence-electron chi connectivity index (χ0n) is 7.69. The number of ether oxygens (including phenoxy) is 2. The maximum absolute atomic E-state index is 8.96. The van der Waals surface area contributed by atoms with Gasteiger partial charge in [-0.05, 0) is 6.07 Å². The van der Waals surface area contributed by atoms with Crippen molar-refractivity contribution in [2.45, 2.75) is 6.61 Å². The third-order valence-electron chi connectivity index (χ3n) is 1.69. The highest BCUT2D eigenvalue weighted by Crippen LogP contribution is 2.17. The van der Waals surface area contributed by atoms with Crippen molar-refractivity contribution >= 4 is 0 Å². The van der Waals surface area contributed by atoms with Gasteiger partial charge < -0.3 is 14.6 Å². The second-order valence-corrected chi connectivity index (χ2v) is 2.61. The van der Waals surface area contributed by atoms with Crippen LogP contribution in [0, 0.1) is 0 Å². The molecule has 0 bridgehead atoms. The second kappa shape index (κ2) is 5.56. The molecular formula is C10H14O3. The first-order chi connectivity index (χ1) is 6.38. The van der Waals surface area contributed by atoms with Crippen molar-refractivity contribution in [1.82, 2.24) is 0 Å². The van der Waals surface area contributed by atoms with E-state index < -0.39 is 0 Å². The molecule has 0 fully saturated rings. The molecule has 0 saturated carbocycles. The highest BCUT2D eigenvalue weighted by atomic mass is 16.5. The number of aliphatic hydroxyl groups excluding tert-OH is 1. The van der Waals surface area contributed by atoms with Crippen molar-refractivity contribution in [2.24, 2.45) is 0 Å². The third kappa shape index (κ3) is 3.05. The molecule has 72 valence electrons. The summed E-state index contributed by atoms with van der Waals surface area (Å²) in [6, 6.07) is 7.42. The summed E-state index contributed by atoms with van der Waals surface area (Å²) < 4.78 is 10.2. The number of para-hydroxylation sites is 1. The quantitative estimate of drug-likeness (QED) is 0.695. The number of hydrogen-bond acceptors (Lipinski definition) is 3. The molecule has 0 heterocycles. The monoisotopic (exact) mass is 182 g/mol. The molecule has 0 spiro atoms. The number of methoxy groups -OCH3 is 1. The van der Waals surface area contributed by atoms with Crippen LogP contribution in [0.3, 0.4) is 0 Å². The Morgan fingerprint density at radius 1 is 1.23 bits per heavy atom. The lowest BCUT2D eigenvalue weighted by Gasteiger charge is -2.08. The van der Waals surface area contributed by atoms with Crippen LogP contribution in [-0.2, 0) is 11.3 Å². The van der Waals surface area contributed by atoms with Crippen molar-refractivity contribution in [1.29, 1.82) is 0 Å². The summed E-state index contributed by atoms with van der Waals surface area (Å²) in [6.07, 6.45) is 0. The Bertz CT molecular complexity index is 248. The van der Waals surface area contributed by atoms with Crippen molar-refractivity contribution < 1.29 is 14.6 Å². The molecule has 1 aromatic rings. The smallest absolute Gasteiger partial charge is 0.124 e. The van der Waals surface area contributed by atoms with Gasteiger partial charge in [0.25, 0.3) is 0 Å². The van der Waals surface area contributed by atoms with E-state index in [4.69, 9.17) is 14.6 Å². The summed E-state index contributed by atoms with van der Waals surface area (Å²) in [6.45, 7) is 1.07. The van der Waals surface area contributed by atoms with E-state index in [9.17, 15) is 0 Å². The molecular weight excluding hydrogens is 168 g/mol. The standard InChI is InChI=1S/C10H14O3/c1-12-6-7-13-10-5-3-2-4-9(10)8-11/h2-5,11H,6-8H2,1H3. The second-order valence-electron chi connectivity index (χ2n) is 2.61. The van der Waals surface area contributed by atoms with Gasteiger partial charge in [0.2, 0.25) is 0 Å². The van der Waals surface area contributed by atoms with Crippen LogP contribution >= 0.6 is 0 Å². The minimum Gasteiger partial charge on any atom is -0.491 e. The zero-order chi connectivity index (χ0) is 9.52. The van der Waals surface area contributed by atoms with Gasteiger partial charge in [-0.15, -0.1) is 0 Å². The minimum absolute atomic E-state index is 0.00313. The Morgan fingerprint density at radius 2 is 2.00 bits per heavy atom. The van der Waals surface area contributed by atoms with Crippen LogP contribution in [0.15, 0.2) is 24.3 Å². The van der Waals surface area contributed by atoms with Gasteiger partial charge >= 0.3 is 0 Å². The molecule has 0 unspecified atom stereocenters. The average Bonchev–Trinajstić information content (AvgIpc) is 2.19. The first kappa shape index (κ1) is 10.0. The van der Waals surface area contributed by atoms with Crippen molar-refractivity contribution in [3.63, 3.8) is 0 Å². The van der Waals surface area contributed by atoms with Crippen LogP contribution in [0.4, 0.5) is 0 Å². The molecule has 1 N–H and O–H groups in total. The van der Waals surface area contributed by atoms with E-state index >= 15 is 0 Å². The molecule has 0 radical (unpaired) electrons. The van der Waals surface area contributed by atoms with Crippen molar-refractivity contribution in [3.05, 3.63) is 29.8 Å². The summed E-state index contributed by atoms with van der Waals surface area (Å²) in [7, 11) is 1.63. The van der Waals surface area contributed by atoms with Crippen LogP contribution in [0.25, 0.3) is 0 Å². The van der Waals surface area contributed by atoms with E-state index in [2.05, 4.69) is 0 Å². The maximum atomic E-state index is 8.96. The first-order valence-electron chi connectivity index (χ1n) is 4.19. The van der Waals surface area contributed by atoms with Crippen LogP contribution in [-0.4, -0.2) is 25.4 Å². The lowest BCUT2D eigenvalue weighted by molar-refractivity contribution is 0.144. The molecule has 3 heteroatoms. The van der Waals surface area contributed by atoms with Crippen LogP contribution in [0.5, 0.6) is 5.75 Å². The zero-order valence-corrected chi connectivity index (χ0v) is 7.69. The van der Waals surface area contributed by atoms with Gasteiger partial charge in [-0.2, -0.15) is 0 Å². The van der Waals surface area contributed by atoms with Crippen molar-refractivity contribution in [3.8, 4) is 5.75 Å². The Hall–Kier alpha value is -1.06. The molecule has 0 aliphatic carbocycles. The number of rotatable bonds is 5. The Labute approximate surface area is 77.9 Å². The predicted octanol–water partition coefficient (Wildman–Crippen LogP) is 1.20. The summed E-state index contributed by atoms with van der Waals surface area (Å²) >= 11 is 0. The molecule has 1 rings (SSSR count). The fourth-order valence-corrected chi connectivity index (χ4v) is 1.01. The van der Waals surface area contributed by atoms with Gasteiger partial charge in [0, 0.05) is 12.7 Å². The topological polar surface area (TPSA) is 38.7 Å². The SMILES string of the molecule is COCCOc1ccccc1CO. The van der Waals surface area contributed by atoms with Gasteiger partial charge in [0.1, 0.15) is 12.4 Å². The fraction of sp³-hybridized carbons (Fsp3) is 0.400. The summed E-state index contributed by atoms with van der Waals surface area (Å²) in [4.78, 5) is 0. The highest BCUT2D eigenvalue weighted by molar-refractivity contribution is 5.32. The van der Waals surface area contributed by atoms with Gasteiger partial charge in [-0.25, -0.2) is 0 Å². The van der Waals surface area contributed by atoms with E-state index in [1.54, 1.807) is 7.11 Å². The van der Waals surface area contributed by atoms with Crippen LogP contribution in [0.1, 0.15) is 5.56 Å². The van der Waals surface area contributed by atoms with Crippen molar-refractivity contribution in [2.75, 3.05) is 20.3 Å². The van der Waals surface area contributed by atoms with Crippen LogP contribution in [0.2, 0.25) is 0 Å². The van der Waals surface area contributed by atoms with Gasteiger partial charge in [-0.1, -0.05) is 18.2 Å². The van der Waals surface area contributed by atoms with Gasteiger partial charge in [0.05, 0.1) is 13.2 Å². The van der Waals surface area contributed by atoms with E-state index in [-0.39, 0.29) is 6.61 Å². The average molecular weight is 182 g/mol.